The lowest BCUT2D eigenvalue weighted by Gasteiger charge is -2.09. The molecular weight excluding hydrogens is 319 g/mol. The summed E-state index contributed by atoms with van der Waals surface area (Å²) in [7, 11) is -1.87. The summed E-state index contributed by atoms with van der Waals surface area (Å²) >= 11 is 11.7. The summed E-state index contributed by atoms with van der Waals surface area (Å²) in [5.41, 5.74) is 0.0657. The normalized spacial score (nSPS) is 10.3. The van der Waals surface area contributed by atoms with Crippen LogP contribution < -0.4 is 10.8 Å². The van der Waals surface area contributed by atoms with Gasteiger partial charge in [-0.25, -0.2) is 4.39 Å². The van der Waals surface area contributed by atoms with Gasteiger partial charge in [-0.2, -0.15) is 0 Å². The smallest absolute Gasteiger partial charge is 0.423 e. The average Bonchev–Trinajstić information content (AvgIpc) is 2.42. The molecule has 0 aliphatic carbocycles. The zero-order valence-corrected chi connectivity index (χ0v) is 12.0. The molecule has 0 bridgehead atoms. The van der Waals surface area contributed by atoms with Gasteiger partial charge in [-0.3, -0.25) is 4.79 Å². The number of hydrogen-bond acceptors (Lipinski definition) is 3. The highest BCUT2D eigenvalue weighted by atomic mass is 35.5. The van der Waals surface area contributed by atoms with Crippen molar-refractivity contribution in [2.24, 2.45) is 0 Å². The molecule has 0 radical (unpaired) electrons. The molecule has 8 heteroatoms. The molecule has 0 aromatic heterocycles. The van der Waals surface area contributed by atoms with Crippen LogP contribution in [-0.2, 0) is 0 Å². The van der Waals surface area contributed by atoms with E-state index in [0.717, 1.165) is 12.1 Å². The largest absolute Gasteiger partial charge is 0.488 e. The van der Waals surface area contributed by atoms with Crippen LogP contribution in [0.2, 0.25) is 10.0 Å². The fraction of sp³-hybridized carbons (Fsp3) is 0. The first-order valence-corrected chi connectivity index (χ1v) is 6.55. The maximum Gasteiger partial charge on any atom is 0.488 e. The molecule has 0 aliphatic rings. The molecule has 0 saturated carbocycles. The van der Waals surface area contributed by atoms with E-state index in [1.54, 1.807) is 6.07 Å². The molecule has 3 N–H and O–H groups in total. The van der Waals surface area contributed by atoms with E-state index in [1.165, 1.54) is 18.2 Å². The molecule has 0 heterocycles. The second-order valence-corrected chi connectivity index (χ2v) is 5.07. The van der Waals surface area contributed by atoms with Gasteiger partial charge < -0.3 is 15.4 Å². The van der Waals surface area contributed by atoms with Crippen LogP contribution in [0.3, 0.4) is 0 Å². The van der Waals surface area contributed by atoms with E-state index < -0.39 is 18.8 Å². The average molecular weight is 328 g/mol. The van der Waals surface area contributed by atoms with Crippen molar-refractivity contribution >= 4 is 47.4 Å². The Hall–Kier alpha value is -1.60. The number of carbonyl (C=O) groups is 1. The second-order valence-electron chi connectivity index (χ2n) is 4.23. The number of anilines is 1. The summed E-state index contributed by atoms with van der Waals surface area (Å²) in [5.74, 6) is -1.41. The van der Waals surface area contributed by atoms with Crippen LogP contribution in [0.4, 0.5) is 10.1 Å². The minimum atomic E-state index is -1.87. The molecule has 0 spiro atoms. The second kappa shape index (κ2) is 6.45. The monoisotopic (exact) mass is 327 g/mol. The molecule has 0 aliphatic heterocycles. The lowest BCUT2D eigenvalue weighted by molar-refractivity contribution is 0.102. The van der Waals surface area contributed by atoms with Gasteiger partial charge in [0.2, 0.25) is 0 Å². The first-order chi connectivity index (χ1) is 9.86. The topological polar surface area (TPSA) is 69.6 Å². The van der Waals surface area contributed by atoms with Crippen molar-refractivity contribution in [3.05, 3.63) is 57.8 Å². The predicted molar refractivity (Wildman–Crippen MR) is 80.6 cm³/mol. The first kappa shape index (κ1) is 15.8. The van der Waals surface area contributed by atoms with E-state index in [1.807, 2.05) is 0 Å². The van der Waals surface area contributed by atoms with Gasteiger partial charge in [0.25, 0.3) is 5.91 Å². The summed E-state index contributed by atoms with van der Waals surface area (Å²) in [4.78, 5) is 12.1. The van der Waals surface area contributed by atoms with Crippen molar-refractivity contribution in [1.29, 1.82) is 0 Å². The number of nitrogens with one attached hydrogen (secondary N) is 1. The Labute approximate surface area is 130 Å². The Morgan fingerprint density at radius 2 is 1.86 bits per heavy atom. The minimum absolute atomic E-state index is 0.0749. The number of rotatable bonds is 3. The number of halogens is 3. The van der Waals surface area contributed by atoms with Gasteiger partial charge in [0, 0.05) is 10.6 Å². The Balaban J connectivity index is 2.30. The van der Waals surface area contributed by atoms with Crippen molar-refractivity contribution in [1.82, 2.24) is 0 Å². The quantitative estimate of drug-likeness (QED) is 0.756. The van der Waals surface area contributed by atoms with Gasteiger partial charge in [-0.05, 0) is 41.9 Å². The van der Waals surface area contributed by atoms with E-state index in [-0.39, 0.29) is 21.7 Å². The van der Waals surface area contributed by atoms with Crippen LogP contribution in [0.15, 0.2) is 36.4 Å². The van der Waals surface area contributed by atoms with Crippen LogP contribution in [-0.4, -0.2) is 23.1 Å². The van der Waals surface area contributed by atoms with E-state index in [2.05, 4.69) is 5.32 Å². The number of carbonyl (C=O) groups excluding carboxylic acids is 1. The van der Waals surface area contributed by atoms with Crippen molar-refractivity contribution < 1.29 is 19.2 Å². The molecule has 0 unspecified atom stereocenters. The van der Waals surface area contributed by atoms with Crippen LogP contribution in [0.1, 0.15) is 10.4 Å². The SMILES string of the molecule is O=C(Nc1cc(Cl)ccc1Cl)c1cc(F)cc(B(O)O)c1. The minimum Gasteiger partial charge on any atom is -0.423 e. The highest BCUT2D eigenvalue weighted by Crippen LogP contribution is 2.25. The highest BCUT2D eigenvalue weighted by molar-refractivity contribution is 6.58. The Bertz CT molecular complexity index is 697. The van der Waals surface area contributed by atoms with Gasteiger partial charge in [0.1, 0.15) is 5.82 Å². The molecule has 1 amide bonds. The Morgan fingerprint density at radius 3 is 2.52 bits per heavy atom. The standard InChI is InChI=1S/C13H9BCl2FNO3/c15-9-1-2-11(16)12(6-9)18-13(19)7-3-8(14(20)21)5-10(17)4-7/h1-6,20-21H,(H,18,19). The zero-order chi connectivity index (χ0) is 15.6. The summed E-state index contributed by atoms with van der Waals surface area (Å²) in [5, 5.41) is 21.2. The first-order valence-electron chi connectivity index (χ1n) is 5.80. The molecule has 2 aromatic rings. The maximum atomic E-state index is 13.4. The fourth-order valence-electron chi connectivity index (χ4n) is 1.68. The predicted octanol–water partition coefficient (Wildman–Crippen LogP) is 2.06. The van der Waals surface area contributed by atoms with Crippen LogP contribution in [0.25, 0.3) is 0 Å². The zero-order valence-electron chi connectivity index (χ0n) is 10.5. The van der Waals surface area contributed by atoms with Gasteiger partial charge in [-0.15, -0.1) is 0 Å². The molecule has 0 fully saturated rings. The van der Waals surface area contributed by atoms with Gasteiger partial charge >= 0.3 is 7.12 Å². The molecule has 2 rings (SSSR count). The summed E-state index contributed by atoms with van der Waals surface area (Å²) in [6, 6.07) is 7.58. The van der Waals surface area contributed by atoms with Gasteiger partial charge in [0.15, 0.2) is 0 Å². The molecular formula is C13H9BCl2FNO3. The summed E-state index contributed by atoms with van der Waals surface area (Å²) in [6.07, 6.45) is 0. The molecule has 2 aromatic carbocycles. The maximum absolute atomic E-state index is 13.4. The van der Waals surface area contributed by atoms with Crippen molar-refractivity contribution in [3.8, 4) is 0 Å². The van der Waals surface area contributed by atoms with E-state index in [0.29, 0.717) is 5.02 Å². The molecule has 0 saturated heterocycles. The molecule has 0 atom stereocenters. The van der Waals surface area contributed by atoms with Crippen molar-refractivity contribution in [2.75, 3.05) is 5.32 Å². The lowest BCUT2D eigenvalue weighted by Crippen LogP contribution is -2.31. The van der Waals surface area contributed by atoms with E-state index >= 15 is 0 Å². The van der Waals surface area contributed by atoms with Crippen molar-refractivity contribution in [2.45, 2.75) is 0 Å². The van der Waals surface area contributed by atoms with E-state index in [9.17, 15) is 9.18 Å². The third-order valence-electron chi connectivity index (χ3n) is 2.66. The molecule has 108 valence electrons. The molecule has 21 heavy (non-hydrogen) atoms. The van der Waals surface area contributed by atoms with E-state index in [4.69, 9.17) is 33.2 Å². The van der Waals surface area contributed by atoms with Gasteiger partial charge in [0.05, 0.1) is 10.7 Å². The van der Waals surface area contributed by atoms with Crippen LogP contribution in [0, 0.1) is 5.82 Å². The molecule has 4 nitrogen and oxygen atoms in total. The van der Waals surface area contributed by atoms with Crippen molar-refractivity contribution in [3.63, 3.8) is 0 Å². The number of benzene rings is 2. The number of amides is 1. The third kappa shape index (κ3) is 3.95. The summed E-state index contributed by atoms with van der Waals surface area (Å²) < 4.78 is 13.4. The Morgan fingerprint density at radius 1 is 1.14 bits per heavy atom. The summed E-state index contributed by atoms with van der Waals surface area (Å²) in [6.45, 7) is 0. The number of hydrogen-bond donors (Lipinski definition) is 3. The third-order valence-corrected chi connectivity index (χ3v) is 3.22. The highest BCUT2D eigenvalue weighted by Gasteiger charge is 2.17. The Kier molecular flexibility index (Phi) is 4.85. The lowest BCUT2D eigenvalue weighted by atomic mass is 9.79. The van der Waals surface area contributed by atoms with Gasteiger partial charge in [-0.1, -0.05) is 23.2 Å². The fourth-order valence-corrected chi connectivity index (χ4v) is 2.02. The van der Waals surface area contributed by atoms with Crippen LogP contribution >= 0.6 is 23.2 Å². The van der Waals surface area contributed by atoms with Crippen LogP contribution in [0.5, 0.6) is 0 Å².